The Hall–Kier alpha value is -0.890. The van der Waals surface area contributed by atoms with E-state index in [1.165, 1.54) is 19.3 Å². The van der Waals surface area contributed by atoms with Crippen LogP contribution in [0.15, 0.2) is 18.2 Å². The minimum Gasteiger partial charge on any atom is -0.397 e. The molecular weight excluding hydrogens is 208 g/mol. The molecule has 1 saturated heterocycles. The van der Waals surface area contributed by atoms with Gasteiger partial charge in [-0.05, 0) is 44.4 Å². The molecule has 1 aliphatic heterocycles. The van der Waals surface area contributed by atoms with Crippen LogP contribution >= 0.6 is 11.6 Å². The Kier molecular flexibility index (Phi) is 3.06. The molecule has 0 amide bonds. The smallest absolute Gasteiger partial charge is 0.0603 e. The van der Waals surface area contributed by atoms with E-state index in [9.17, 15) is 0 Å². The zero-order valence-corrected chi connectivity index (χ0v) is 9.80. The van der Waals surface area contributed by atoms with Gasteiger partial charge in [0.05, 0.1) is 11.4 Å². The van der Waals surface area contributed by atoms with E-state index in [-0.39, 0.29) is 0 Å². The van der Waals surface area contributed by atoms with Crippen LogP contribution in [0, 0.1) is 0 Å². The Bertz CT molecular complexity index is 351. The van der Waals surface area contributed by atoms with Crippen molar-refractivity contribution in [2.75, 3.05) is 17.2 Å². The van der Waals surface area contributed by atoms with Crippen molar-refractivity contribution in [2.45, 2.75) is 32.2 Å². The molecule has 2 N–H and O–H groups in total. The lowest BCUT2D eigenvalue weighted by atomic mass is 10.0. The highest BCUT2D eigenvalue weighted by Gasteiger charge is 2.19. The second kappa shape index (κ2) is 4.31. The molecule has 0 aromatic heterocycles. The van der Waals surface area contributed by atoms with Gasteiger partial charge in [0, 0.05) is 17.6 Å². The Morgan fingerprint density at radius 1 is 1.40 bits per heavy atom. The molecule has 0 saturated carbocycles. The molecular formula is C12H17ClN2. The number of hydrogen-bond donors (Lipinski definition) is 1. The third-order valence-electron chi connectivity index (χ3n) is 3.10. The van der Waals surface area contributed by atoms with E-state index >= 15 is 0 Å². The van der Waals surface area contributed by atoms with E-state index in [1.54, 1.807) is 0 Å². The molecule has 1 heterocycles. The summed E-state index contributed by atoms with van der Waals surface area (Å²) in [6.07, 6.45) is 3.83. The van der Waals surface area contributed by atoms with Gasteiger partial charge in [-0.1, -0.05) is 11.6 Å². The molecule has 3 heteroatoms. The molecule has 1 unspecified atom stereocenters. The van der Waals surface area contributed by atoms with E-state index in [2.05, 4.69) is 11.8 Å². The summed E-state index contributed by atoms with van der Waals surface area (Å²) in [4.78, 5) is 2.38. The molecule has 15 heavy (non-hydrogen) atoms. The summed E-state index contributed by atoms with van der Waals surface area (Å²) in [7, 11) is 0. The number of nitrogens with zero attached hydrogens (tertiary/aromatic N) is 1. The molecule has 2 nitrogen and oxygen atoms in total. The van der Waals surface area contributed by atoms with Crippen molar-refractivity contribution in [3.8, 4) is 0 Å². The van der Waals surface area contributed by atoms with E-state index in [0.717, 1.165) is 17.9 Å². The van der Waals surface area contributed by atoms with Gasteiger partial charge >= 0.3 is 0 Å². The van der Waals surface area contributed by atoms with Gasteiger partial charge in [-0.25, -0.2) is 0 Å². The van der Waals surface area contributed by atoms with Crippen LogP contribution in [0.1, 0.15) is 26.2 Å². The van der Waals surface area contributed by atoms with Gasteiger partial charge in [0.1, 0.15) is 0 Å². The van der Waals surface area contributed by atoms with Crippen LogP contribution in [0.2, 0.25) is 5.02 Å². The number of halogens is 1. The van der Waals surface area contributed by atoms with Gasteiger partial charge < -0.3 is 10.6 Å². The van der Waals surface area contributed by atoms with Crippen LogP contribution in [0.4, 0.5) is 11.4 Å². The molecule has 1 aliphatic rings. The summed E-state index contributed by atoms with van der Waals surface area (Å²) in [5, 5.41) is 0.709. The number of anilines is 2. The summed E-state index contributed by atoms with van der Waals surface area (Å²) in [6, 6.07) is 6.36. The van der Waals surface area contributed by atoms with Crippen LogP contribution in [0.25, 0.3) is 0 Å². The largest absolute Gasteiger partial charge is 0.397 e. The van der Waals surface area contributed by atoms with Crippen LogP contribution in [0.5, 0.6) is 0 Å². The number of nitrogen functional groups attached to an aromatic ring is 1. The van der Waals surface area contributed by atoms with Gasteiger partial charge in [-0.2, -0.15) is 0 Å². The lowest BCUT2D eigenvalue weighted by Gasteiger charge is -2.36. The Morgan fingerprint density at radius 2 is 2.20 bits per heavy atom. The second-order valence-electron chi connectivity index (χ2n) is 4.24. The van der Waals surface area contributed by atoms with Crippen LogP contribution in [0.3, 0.4) is 0 Å². The minimum absolute atomic E-state index is 0.585. The third-order valence-corrected chi connectivity index (χ3v) is 3.34. The summed E-state index contributed by atoms with van der Waals surface area (Å²) in [5.41, 5.74) is 7.91. The fourth-order valence-electron chi connectivity index (χ4n) is 2.24. The predicted octanol–water partition coefficient (Wildman–Crippen LogP) is 3.30. The zero-order valence-electron chi connectivity index (χ0n) is 9.04. The van der Waals surface area contributed by atoms with E-state index < -0.39 is 0 Å². The van der Waals surface area contributed by atoms with E-state index in [0.29, 0.717) is 11.1 Å². The lowest BCUT2D eigenvalue weighted by Crippen LogP contribution is -2.37. The van der Waals surface area contributed by atoms with Crippen molar-refractivity contribution >= 4 is 23.0 Å². The highest BCUT2D eigenvalue weighted by molar-refractivity contribution is 6.31. The summed E-state index contributed by atoms with van der Waals surface area (Å²) < 4.78 is 0. The van der Waals surface area contributed by atoms with E-state index in [4.69, 9.17) is 17.3 Å². The Morgan fingerprint density at radius 3 is 2.87 bits per heavy atom. The Balaban J connectivity index is 2.27. The van der Waals surface area contributed by atoms with Crippen molar-refractivity contribution in [1.29, 1.82) is 0 Å². The van der Waals surface area contributed by atoms with Crippen LogP contribution < -0.4 is 10.6 Å². The third kappa shape index (κ3) is 2.20. The normalized spacial score (nSPS) is 21.7. The quantitative estimate of drug-likeness (QED) is 0.742. The molecule has 2 rings (SSSR count). The maximum Gasteiger partial charge on any atom is 0.0603 e. The molecule has 1 aromatic rings. The monoisotopic (exact) mass is 224 g/mol. The number of hydrogen-bond acceptors (Lipinski definition) is 2. The molecule has 0 spiro atoms. The lowest BCUT2D eigenvalue weighted by molar-refractivity contribution is 0.485. The number of piperidine rings is 1. The molecule has 1 fully saturated rings. The fourth-order valence-corrected chi connectivity index (χ4v) is 2.42. The van der Waals surface area contributed by atoms with Crippen molar-refractivity contribution < 1.29 is 0 Å². The van der Waals surface area contributed by atoms with Gasteiger partial charge in [0.2, 0.25) is 0 Å². The first-order valence-corrected chi connectivity index (χ1v) is 5.88. The predicted molar refractivity (Wildman–Crippen MR) is 66.5 cm³/mol. The van der Waals surface area contributed by atoms with Gasteiger partial charge in [0.25, 0.3) is 0 Å². The van der Waals surface area contributed by atoms with Crippen LogP contribution in [-0.2, 0) is 0 Å². The van der Waals surface area contributed by atoms with Crippen molar-refractivity contribution in [3.05, 3.63) is 23.2 Å². The standard InChI is InChI=1S/C12H17ClN2/c1-9-4-2-3-7-15(9)12-6-5-10(13)8-11(12)14/h5-6,8-9H,2-4,7,14H2,1H3. The van der Waals surface area contributed by atoms with E-state index in [1.807, 2.05) is 18.2 Å². The topological polar surface area (TPSA) is 29.3 Å². The number of rotatable bonds is 1. The molecule has 0 aliphatic carbocycles. The SMILES string of the molecule is CC1CCCCN1c1ccc(Cl)cc1N. The Labute approximate surface area is 96.0 Å². The van der Waals surface area contributed by atoms with Crippen molar-refractivity contribution in [2.24, 2.45) is 0 Å². The molecule has 0 bridgehead atoms. The first-order chi connectivity index (χ1) is 7.18. The first-order valence-electron chi connectivity index (χ1n) is 5.50. The molecule has 82 valence electrons. The average molecular weight is 225 g/mol. The first kappa shape index (κ1) is 10.6. The van der Waals surface area contributed by atoms with Gasteiger partial charge in [-0.15, -0.1) is 0 Å². The zero-order chi connectivity index (χ0) is 10.8. The molecule has 0 radical (unpaired) electrons. The second-order valence-corrected chi connectivity index (χ2v) is 4.68. The van der Waals surface area contributed by atoms with Gasteiger partial charge in [0.15, 0.2) is 0 Å². The number of benzene rings is 1. The summed E-state index contributed by atoms with van der Waals surface area (Å²) >= 11 is 5.89. The highest BCUT2D eigenvalue weighted by atomic mass is 35.5. The summed E-state index contributed by atoms with van der Waals surface area (Å²) in [6.45, 7) is 3.36. The minimum atomic E-state index is 0.585. The van der Waals surface area contributed by atoms with Crippen molar-refractivity contribution in [1.82, 2.24) is 0 Å². The summed E-state index contributed by atoms with van der Waals surface area (Å²) in [5.74, 6) is 0. The highest BCUT2D eigenvalue weighted by Crippen LogP contribution is 2.31. The average Bonchev–Trinajstić information content (AvgIpc) is 2.20. The maximum atomic E-state index is 5.99. The molecule has 1 atom stereocenters. The maximum absolute atomic E-state index is 5.99. The fraction of sp³-hybridized carbons (Fsp3) is 0.500. The van der Waals surface area contributed by atoms with Gasteiger partial charge in [-0.3, -0.25) is 0 Å². The van der Waals surface area contributed by atoms with Crippen LogP contribution in [-0.4, -0.2) is 12.6 Å². The molecule has 1 aromatic carbocycles. The number of nitrogens with two attached hydrogens (primary N) is 1. The van der Waals surface area contributed by atoms with Crippen molar-refractivity contribution in [3.63, 3.8) is 0 Å².